The zero-order chi connectivity index (χ0) is 18.0. The van der Waals surface area contributed by atoms with Crippen molar-refractivity contribution >= 4 is 22.1 Å². The van der Waals surface area contributed by atoms with Gasteiger partial charge in [0.15, 0.2) is 0 Å². The highest BCUT2D eigenvalue weighted by atomic mass is 32.2. The van der Waals surface area contributed by atoms with E-state index in [1.807, 2.05) is 13.8 Å². The second kappa shape index (κ2) is 10.4. The Labute approximate surface area is 137 Å². The molecule has 0 aromatic carbocycles. The predicted molar refractivity (Wildman–Crippen MR) is 85.9 cm³/mol. The number of carboxylic acid groups (broad SMARTS) is 2. The van der Waals surface area contributed by atoms with Crippen LogP contribution in [0.25, 0.3) is 0 Å². The molecule has 0 saturated heterocycles. The van der Waals surface area contributed by atoms with Crippen LogP contribution >= 0.6 is 0 Å². The molecule has 0 spiro atoms. The second-order valence-electron chi connectivity index (χ2n) is 5.58. The Morgan fingerprint density at radius 3 is 1.96 bits per heavy atom. The second-order valence-corrected chi connectivity index (χ2v) is 7.15. The van der Waals surface area contributed by atoms with Crippen molar-refractivity contribution in [2.45, 2.75) is 58.8 Å². The summed E-state index contributed by atoms with van der Waals surface area (Å²) in [5, 5.41) is 18.6. The summed E-state index contributed by atoms with van der Waals surface area (Å²) in [5.41, 5.74) is -0.452. The maximum Gasteiger partial charge on any atom is 0.332 e. The maximum absolute atomic E-state index is 11.4. The molecular formula is C15H26O7S. The van der Waals surface area contributed by atoms with Gasteiger partial charge in [0.2, 0.25) is 0 Å². The van der Waals surface area contributed by atoms with Gasteiger partial charge >= 0.3 is 11.9 Å². The Bertz CT molecular complexity index is 534. The summed E-state index contributed by atoms with van der Waals surface area (Å²) in [5.74, 6) is -3.16. The van der Waals surface area contributed by atoms with Crippen LogP contribution in [0.3, 0.4) is 0 Å². The number of hydrogen-bond acceptors (Lipinski definition) is 4. The zero-order valence-corrected chi connectivity index (χ0v) is 14.4. The molecule has 0 fully saturated rings. The molecule has 8 heteroatoms. The van der Waals surface area contributed by atoms with Crippen molar-refractivity contribution in [3.8, 4) is 0 Å². The Kier molecular flexibility index (Phi) is 9.74. The first kappa shape index (κ1) is 21.6. The first-order valence-electron chi connectivity index (χ1n) is 7.76. The van der Waals surface area contributed by atoms with Crippen molar-refractivity contribution in [3.05, 3.63) is 11.1 Å². The van der Waals surface area contributed by atoms with E-state index in [2.05, 4.69) is 0 Å². The number of rotatable bonds is 12. The van der Waals surface area contributed by atoms with Crippen LogP contribution in [-0.4, -0.2) is 40.9 Å². The van der Waals surface area contributed by atoms with E-state index in [9.17, 15) is 28.2 Å². The van der Waals surface area contributed by atoms with Gasteiger partial charge in [-0.05, 0) is 25.2 Å². The van der Waals surface area contributed by atoms with E-state index in [-0.39, 0.29) is 36.3 Å². The van der Waals surface area contributed by atoms with Crippen LogP contribution in [0.1, 0.15) is 58.8 Å². The molecule has 1 atom stereocenters. The Morgan fingerprint density at radius 1 is 1.00 bits per heavy atom. The lowest BCUT2D eigenvalue weighted by Gasteiger charge is -2.16. The topological polar surface area (TPSA) is 129 Å². The number of unbranched alkanes of at least 4 members (excludes halogenated alkanes) is 1. The standard InChI is InChI=1S/C15H26O7S/c1-3-5-7-11(4-2)10-13(15(18)19)12(14(16)17)8-6-9-23(20,21)22/h11H,3-10H2,1-2H3,(H,16,17)(H,18,19)(H,20,21,22)/b13-12-. The molecule has 0 aromatic heterocycles. The van der Waals surface area contributed by atoms with Crippen molar-refractivity contribution in [1.82, 2.24) is 0 Å². The largest absolute Gasteiger partial charge is 0.478 e. The molecule has 0 heterocycles. The summed E-state index contributed by atoms with van der Waals surface area (Å²) in [6.07, 6.45) is 3.29. The van der Waals surface area contributed by atoms with Gasteiger partial charge in [0.25, 0.3) is 10.1 Å². The molecule has 0 rings (SSSR count). The summed E-state index contributed by atoms with van der Waals surface area (Å²) < 4.78 is 30.1. The van der Waals surface area contributed by atoms with Crippen molar-refractivity contribution in [1.29, 1.82) is 0 Å². The summed E-state index contributed by atoms with van der Waals surface area (Å²) >= 11 is 0. The van der Waals surface area contributed by atoms with E-state index in [1.165, 1.54) is 0 Å². The molecule has 0 bridgehead atoms. The Hall–Kier alpha value is -1.41. The minimum absolute atomic E-state index is 0.0805. The molecule has 1 unspecified atom stereocenters. The van der Waals surface area contributed by atoms with Gasteiger partial charge in [-0.3, -0.25) is 4.55 Å². The van der Waals surface area contributed by atoms with Gasteiger partial charge in [0.1, 0.15) is 0 Å². The first-order chi connectivity index (χ1) is 10.6. The van der Waals surface area contributed by atoms with E-state index < -0.39 is 27.8 Å². The Morgan fingerprint density at radius 2 is 1.57 bits per heavy atom. The zero-order valence-electron chi connectivity index (χ0n) is 13.6. The van der Waals surface area contributed by atoms with Crippen molar-refractivity contribution in [2.75, 3.05) is 5.75 Å². The van der Waals surface area contributed by atoms with E-state index in [0.717, 1.165) is 25.7 Å². The molecule has 134 valence electrons. The normalized spacial score (nSPS) is 14.2. The molecule has 3 N–H and O–H groups in total. The molecule has 23 heavy (non-hydrogen) atoms. The molecule has 0 aliphatic carbocycles. The SMILES string of the molecule is CCCCC(CC)C/C(C(=O)O)=C(\CCCS(=O)(=O)O)C(=O)O. The van der Waals surface area contributed by atoms with Gasteiger partial charge < -0.3 is 10.2 Å². The average Bonchev–Trinajstić information content (AvgIpc) is 2.43. The van der Waals surface area contributed by atoms with E-state index in [4.69, 9.17) is 4.55 Å². The summed E-state index contributed by atoms with van der Waals surface area (Å²) in [6, 6.07) is 0. The van der Waals surface area contributed by atoms with Gasteiger partial charge in [0.05, 0.1) is 5.75 Å². The van der Waals surface area contributed by atoms with Gasteiger partial charge in [-0.15, -0.1) is 0 Å². The lowest BCUT2D eigenvalue weighted by Crippen LogP contribution is -2.16. The van der Waals surface area contributed by atoms with E-state index in [0.29, 0.717) is 0 Å². The van der Waals surface area contributed by atoms with Gasteiger partial charge in [0, 0.05) is 11.1 Å². The molecule has 0 aliphatic rings. The van der Waals surface area contributed by atoms with Crippen LogP contribution in [0.2, 0.25) is 0 Å². The predicted octanol–water partition coefficient (Wildman–Crippen LogP) is 2.73. The van der Waals surface area contributed by atoms with Gasteiger partial charge in [-0.2, -0.15) is 8.42 Å². The van der Waals surface area contributed by atoms with Crippen LogP contribution in [0.15, 0.2) is 11.1 Å². The first-order valence-corrected chi connectivity index (χ1v) is 9.37. The summed E-state index contributed by atoms with van der Waals surface area (Å²) in [6.45, 7) is 3.96. The number of aliphatic carboxylic acids is 2. The smallest absolute Gasteiger partial charge is 0.332 e. The van der Waals surface area contributed by atoms with Crippen molar-refractivity contribution in [2.24, 2.45) is 5.92 Å². The minimum Gasteiger partial charge on any atom is -0.478 e. The monoisotopic (exact) mass is 350 g/mol. The molecular weight excluding hydrogens is 324 g/mol. The van der Waals surface area contributed by atoms with Crippen LogP contribution in [-0.2, 0) is 19.7 Å². The number of carbonyl (C=O) groups is 2. The third-order valence-corrected chi connectivity index (χ3v) is 4.55. The van der Waals surface area contributed by atoms with E-state index >= 15 is 0 Å². The van der Waals surface area contributed by atoms with Crippen LogP contribution in [0.5, 0.6) is 0 Å². The van der Waals surface area contributed by atoms with Crippen molar-refractivity contribution < 1.29 is 32.8 Å². The quantitative estimate of drug-likeness (QED) is 0.364. The molecule has 7 nitrogen and oxygen atoms in total. The highest BCUT2D eigenvalue weighted by Gasteiger charge is 2.23. The van der Waals surface area contributed by atoms with Crippen molar-refractivity contribution in [3.63, 3.8) is 0 Å². The van der Waals surface area contributed by atoms with Crippen LogP contribution < -0.4 is 0 Å². The Balaban J connectivity index is 5.26. The highest BCUT2D eigenvalue weighted by molar-refractivity contribution is 7.85. The molecule has 0 aliphatic heterocycles. The minimum atomic E-state index is -4.19. The van der Waals surface area contributed by atoms with Gasteiger partial charge in [-0.25, -0.2) is 9.59 Å². The third-order valence-electron chi connectivity index (χ3n) is 3.75. The fourth-order valence-corrected chi connectivity index (χ4v) is 2.90. The lowest BCUT2D eigenvalue weighted by atomic mass is 9.89. The summed E-state index contributed by atoms with van der Waals surface area (Å²) in [7, 11) is -4.19. The van der Waals surface area contributed by atoms with Gasteiger partial charge in [-0.1, -0.05) is 39.5 Å². The lowest BCUT2D eigenvalue weighted by molar-refractivity contribution is -0.136. The fourth-order valence-electron chi connectivity index (χ4n) is 2.39. The number of carboxylic acids is 2. The fraction of sp³-hybridized carbons (Fsp3) is 0.733. The summed E-state index contributed by atoms with van der Waals surface area (Å²) in [4.78, 5) is 22.8. The van der Waals surface area contributed by atoms with E-state index in [1.54, 1.807) is 0 Å². The third kappa shape index (κ3) is 9.35. The molecule has 0 saturated carbocycles. The van der Waals surface area contributed by atoms with Crippen LogP contribution in [0, 0.1) is 5.92 Å². The molecule has 0 aromatic rings. The van der Waals surface area contributed by atoms with Crippen LogP contribution in [0.4, 0.5) is 0 Å². The highest BCUT2D eigenvalue weighted by Crippen LogP contribution is 2.25. The average molecular weight is 350 g/mol. The maximum atomic E-state index is 11.4. The number of hydrogen-bond donors (Lipinski definition) is 3. The molecule has 0 radical (unpaired) electrons. The molecule has 0 amide bonds.